The van der Waals surface area contributed by atoms with Crippen molar-refractivity contribution in [2.45, 2.75) is 6.18 Å². The Morgan fingerprint density at radius 3 is 1.12 bits per heavy atom. The van der Waals surface area contributed by atoms with E-state index in [0.29, 0.717) is 55.9 Å². The molecule has 362 valence electrons. The Hall–Kier alpha value is -11.5. The zero-order valence-corrected chi connectivity index (χ0v) is 40.8. The van der Waals surface area contributed by atoms with Crippen LogP contribution in [0.1, 0.15) is 22.3 Å². The summed E-state index contributed by atoms with van der Waals surface area (Å²) >= 11 is 0. The standard InChI is InChI=1S/C67H33F3N8/c1-74-51-14-6-12-45(29-51)49-19-24-63-57(33-49)58-34-50(46-13-7-15-52(30-46)75-2)20-25-64(58)78(63)66-36-60(76-3)54(53-21-16-42(39-73)28-59(53)67(68,69)70)35-65(66)77-61-22-17-47(43-10-4-8-40(26-43)37-71)31-55(61)56-32-48(18-23-62(56)77)44-11-5-9-41(27-44)38-72/h4-36H. The van der Waals surface area contributed by atoms with Crippen molar-refractivity contribution in [3.8, 4) is 85.2 Å². The summed E-state index contributed by atoms with van der Waals surface area (Å²) in [6, 6.07) is 66.0. The first kappa shape index (κ1) is 47.5. The van der Waals surface area contributed by atoms with Crippen LogP contribution in [0.5, 0.6) is 0 Å². The summed E-state index contributed by atoms with van der Waals surface area (Å²) in [6.07, 6.45) is -4.91. The number of nitrogens with zero attached hydrogens (tertiary/aromatic N) is 8. The third kappa shape index (κ3) is 8.08. The molecule has 0 aliphatic heterocycles. The molecule has 2 aromatic heterocycles. The molecule has 0 N–H and O–H groups in total. The summed E-state index contributed by atoms with van der Waals surface area (Å²) in [4.78, 5) is 11.3. The highest BCUT2D eigenvalue weighted by Crippen LogP contribution is 2.48. The van der Waals surface area contributed by atoms with Gasteiger partial charge in [-0.15, -0.1) is 0 Å². The first-order valence-corrected chi connectivity index (χ1v) is 24.3. The van der Waals surface area contributed by atoms with Crippen molar-refractivity contribution >= 4 is 60.7 Å². The highest BCUT2D eigenvalue weighted by molar-refractivity contribution is 6.14. The zero-order valence-electron chi connectivity index (χ0n) is 40.8. The minimum Gasteiger partial charge on any atom is -0.308 e. The van der Waals surface area contributed by atoms with Crippen LogP contribution in [0.4, 0.5) is 30.2 Å². The minimum atomic E-state index is -4.91. The van der Waals surface area contributed by atoms with Crippen LogP contribution in [0.3, 0.4) is 0 Å². The zero-order chi connectivity index (χ0) is 53.8. The van der Waals surface area contributed by atoms with Gasteiger partial charge in [0.15, 0.2) is 17.1 Å². The van der Waals surface area contributed by atoms with E-state index in [1.54, 1.807) is 36.4 Å². The largest absolute Gasteiger partial charge is 0.417 e. The van der Waals surface area contributed by atoms with Crippen molar-refractivity contribution in [3.05, 3.63) is 257 Å². The summed E-state index contributed by atoms with van der Waals surface area (Å²) in [7, 11) is 0. The fourth-order valence-electron chi connectivity index (χ4n) is 10.6. The number of hydrogen-bond acceptors (Lipinski definition) is 3. The van der Waals surface area contributed by atoms with E-state index >= 15 is 13.2 Å². The first-order valence-electron chi connectivity index (χ1n) is 24.3. The van der Waals surface area contributed by atoms with Crippen molar-refractivity contribution in [1.29, 1.82) is 15.8 Å². The molecular formula is C67H33F3N8. The number of benzene rings is 10. The summed E-state index contributed by atoms with van der Waals surface area (Å²) in [5, 5.41) is 32.7. The van der Waals surface area contributed by atoms with E-state index in [4.69, 9.17) is 19.7 Å². The molecule has 0 saturated carbocycles. The lowest BCUT2D eigenvalue weighted by molar-refractivity contribution is -0.137. The molecule has 0 amide bonds. The average Bonchev–Trinajstić information content (AvgIpc) is 4.11. The van der Waals surface area contributed by atoms with Crippen LogP contribution >= 0.6 is 0 Å². The maximum absolute atomic E-state index is 15.3. The summed E-state index contributed by atoms with van der Waals surface area (Å²) in [6.45, 7) is 24.1. The summed E-state index contributed by atoms with van der Waals surface area (Å²) < 4.78 is 50.0. The molecular weight excluding hydrogens is 974 g/mol. The van der Waals surface area contributed by atoms with E-state index in [1.807, 2.05) is 149 Å². The van der Waals surface area contributed by atoms with E-state index in [2.05, 4.69) is 38.8 Å². The van der Waals surface area contributed by atoms with Gasteiger partial charge < -0.3 is 9.13 Å². The van der Waals surface area contributed by atoms with Gasteiger partial charge in [-0.25, -0.2) is 14.5 Å². The summed E-state index contributed by atoms with van der Waals surface area (Å²) in [5.74, 6) is 0. The number of fused-ring (bicyclic) bond motifs is 6. The van der Waals surface area contributed by atoms with Crippen molar-refractivity contribution in [1.82, 2.24) is 9.13 Å². The minimum absolute atomic E-state index is 0.00448. The second-order valence-corrected chi connectivity index (χ2v) is 18.6. The van der Waals surface area contributed by atoms with Gasteiger partial charge in [0.25, 0.3) is 0 Å². The van der Waals surface area contributed by atoms with E-state index < -0.39 is 11.7 Å². The Morgan fingerprint density at radius 2 is 0.731 bits per heavy atom. The molecule has 8 nitrogen and oxygen atoms in total. The van der Waals surface area contributed by atoms with Crippen molar-refractivity contribution < 1.29 is 13.2 Å². The predicted molar refractivity (Wildman–Crippen MR) is 300 cm³/mol. The lowest BCUT2D eigenvalue weighted by Gasteiger charge is -2.21. The molecule has 0 aliphatic rings. The highest BCUT2D eigenvalue weighted by atomic mass is 19.4. The molecule has 0 radical (unpaired) electrons. The molecule has 0 atom stereocenters. The van der Waals surface area contributed by atoms with Crippen LogP contribution in [0.25, 0.3) is 125 Å². The number of rotatable bonds is 7. The van der Waals surface area contributed by atoms with Crippen molar-refractivity contribution in [2.75, 3.05) is 0 Å². The van der Waals surface area contributed by atoms with Crippen LogP contribution in [0.2, 0.25) is 0 Å². The Labute approximate surface area is 444 Å². The van der Waals surface area contributed by atoms with Gasteiger partial charge in [-0.2, -0.15) is 29.0 Å². The lowest BCUT2D eigenvalue weighted by Crippen LogP contribution is -2.09. The number of hydrogen-bond donors (Lipinski definition) is 0. The number of aromatic nitrogens is 2. The molecule has 0 saturated heterocycles. The smallest absolute Gasteiger partial charge is 0.308 e. The Morgan fingerprint density at radius 1 is 0.359 bits per heavy atom. The third-order valence-corrected chi connectivity index (χ3v) is 14.2. The Bertz CT molecular complexity index is 4590. The quantitative estimate of drug-likeness (QED) is 0.149. The van der Waals surface area contributed by atoms with Gasteiger partial charge in [-0.05, 0) is 165 Å². The fourth-order valence-corrected chi connectivity index (χ4v) is 10.6. The second kappa shape index (κ2) is 18.8. The monoisotopic (exact) mass is 1010 g/mol. The van der Waals surface area contributed by atoms with Gasteiger partial charge in [0.05, 0.1) is 93.6 Å². The molecule has 12 rings (SSSR count). The van der Waals surface area contributed by atoms with E-state index in [9.17, 15) is 15.8 Å². The Balaban J connectivity index is 1.22. The average molecular weight is 1010 g/mol. The molecule has 12 aromatic rings. The molecule has 11 heteroatoms. The SMILES string of the molecule is [C-]#[N+]c1cccc(-c2ccc3c(c2)c2cc(-c4cccc([N+]#[C-])c4)ccc2n3-c2cc([N+]#[C-])c(-c3ccc(C#N)cc3C(F)(F)F)cc2-n2c3ccc(-c4cccc(C#N)c4)cc3c3cc(-c4cccc(C#N)c4)ccc32)c1. The third-order valence-electron chi connectivity index (χ3n) is 14.2. The van der Waals surface area contributed by atoms with Gasteiger partial charge in [-0.3, -0.25) is 0 Å². The van der Waals surface area contributed by atoms with Crippen LogP contribution in [-0.2, 0) is 6.18 Å². The fraction of sp³-hybridized carbons (Fsp3) is 0.0149. The maximum Gasteiger partial charge on any atom is 0.417 e. The van der Waals surface area contributed by atoms with Gasteiger partial charge >= 0.3 is 6.18 Å². The Kier molecular flexibility index (Phi) is 11.4. The second-order valence-electron chi connectivity index (χ2n) is 18.6. The predicted octanol–water partition coefficient (Wildman–Crippen LogP) is 18.5. The molecule has 2 heterocycles. The maximum atomic E-state index is 15.3. The van der Waals surface area contributed by atoms with Gasteiger partial charge in [0.2, 0.25) is 0 Å². The van der Waals surface area contributed by atoms with Crippen LogP contribution in [0, 0.1) is 53.7 Å². The molecule has 0 spiro atoms. The lowest BCUT2D eigenvalue weighted by atomic mass is 9.94. The van der Waals surface area contributed by atoms with Crippen LogP contribution in [0.15, 0.2) is 200 Å². The molecule has 0 fully saturated rings. The molecule has 10 aromatic carbocycles. The molecule has 0 aliphatic carbocycles. The number of halogens is 3. The van der Waals surface area contributed by atoms with Gasteiger partial charge in [0.1, 0.15) is 0 Å². The highest BCUT2D eigenvalue weighted by Gasteiger charge is 2.35. The van der Waals surface area contributed by atoms with E-state index in [-0.39, 0.29) is 22.4 Å². The molecule has 0 unspecified atom stereocenters. The molecule has 0 bridgehead atoms. The normalized spacial score (nSPS) is 11.2. The van der Waals surface area contributed by atoms with E-state index in [1.165, 1.54) is 12.1 Å². The van der Waals surface area contributed by atoms with E-state index in [0.717, 1.165) is 72.1 Å². The number of alkyl halides is 3. The topological polar surface area (TPSA) is 94.3 Å². The molecule has 78 heavy (non-hydrogen) atoms. The van der Waals surface area contributed by atoms with Crippen molar-refractivity contribution in [3.63, 3.8) is 0 Å². The van der Waals surface area contributed by atoms with Crippen molar-refractivity contribution in [2.24, 2.45) is 0 Å². The number of nitriles is 3. The van der Waals surface area contributed by atoms with Gasteiger partial charge in [-0.1, -0.05) is 91.0 Å². The first-order chi connectivity index (χ1) is 38.0. The van der Waals surface area contributed by atoms with Crippen LogP contribution < -0.4 is 0 Å². The summed E-state index contributed by atoms with van der Waals surface area (Å²) in [5.41, 5.74) is 10.5. The van der Waals surface area contributed by atoms with Gasteiger partial charge in [0, 0.05) is 21.5 Å². The van der Waals surface area contributed by atoms with Crippen LogP contribution in [-0.4, -0.2) is 9.13 Å².